The lowest BCUT2D eigenvalue weighted by Crippen LogP contribution is -2.61. The highest BCUT2D eigenvalue weighted by Crippen LogP contribution is 2.40. The molecule has 2 aliphatic rings. The minimum Gasteiger partial charge on any atom is -0.381 e. The Balaban J connectivity index is 2.10. The van der Waals surface area contributed by atoms with Crippen LogP contribution in [0.3, 0.4) is 0 Å². The molecular weight excluding hydrogens is 240 g/mol. The highest BCUT2D eigenvalue weighted by Gasteiger charge is 2.45. The maximum absolute atomic E-state index is 6.23. The quantitative estimate of drug-likeness (QED) is 0.594. The summed E-state index contributed by atoms with van der Waals surface area (Å²) in [6.07, 6.45) is 7.05. The van der Waals surface area contributed by atoms with Crippen LogP contribution in [0.15, 0.2) is 0 Å². The summed E-state index contributed by atoms with van der Waals surface area (Å²) in [5.41, 5.74) is 2.99. The van der Waals surface area contributed by atoms with E-state index in [1.54, 1.807) is 0 Å². The Labute approximate surface area is 117 Å². The van der Waals surface area contributed by atoms with Crippen LogP contribution < -0.4 is 11.3 Å². The predicted molar refractivity (Wildman–Crippen MR) is 76.6 cm³/mol. The van der Waals surface area contributed by atoms with Crippen LogP contribution in [0.4, 0.5) is 0 Å². The number of nitrogens with two attached hydrogens (primary N) is 1. The van der Waals surface area contributed by atoms with Gasteiger partial charge in [0, 0.05) is 19.1 Å². The molecule has 112 valence electrons. The maximum Gasteiger partial charge on any atom is 0.0851 e. The molecule has 4 nitrogen and oxygen atoms in total. The fourth-order valence-electron chi connectivity index (χ4n) is 3.83. The molecule has 3 N–H and O–H groups in total. The molecule has 1 aliphatic carbocycles. The van der Waals surface area contributed by atoms with E-state index in [9.17, 15) is 0 Å². The maximum atomic E-state index is 6.23. The standard InChI is InChI=1S/C15H30N2O2/c1-3-19-15(8-6-12(2)7-9-15)14(17-16)13-5-4-10-18-11-13/h12-14,17H,3-11,16H2,1-2H3. The summed E-state index contributed by atoms with van der Waals surface area (Å²) in [5, 5.41) is 0. The normalized spacial score (nSPS) is 38.1. The molecule has 2 rings (SSSR count). The Morgan fingerprint density at radius 1 is 1.37 bits per heavy atom. The summed E-state index contributed by atoms with van der Waals surface area (Å²) in [5.74, 6) is 7.20. The zero-order valence-electron chi connectivity index (χ0n) is 12.5. The van der Waals surface area contributed by atoms with E-state index in [1.165, 1.54) is 19.3 Å². The van der Waals surface area contributed by atoms with E-state index in [-0.39, 0.29) is 11.6 Å². The van der Waals surface area contributed by atoms with E-state index in [0.29, 0.717) is 5.92 Å². The van der Waals surface area contributed by atoms with Crippen molar-refractivity contribution in [2.45, 2.75) is 64.0 Å². The van der Waals surface area contributed by atoms with Crippen molar-refractivity contribution in [1.29, 1.82) is 0 Å². The van der Waals surface area contributed by atoms with Crippen LogP contribution in [0.5, 0.6) is 0 Å². The Hall–Kier alpha value is -0.160. The summed E-state index contributed by atoms with van der Waals surface area (Å²) in [4.78, 5) is 0. The van der Waals surface area contributed by atoms with Crippen molar-refractivity contribution < 1.29 is 9.47 Å². The fraction of sp³-hybridized carbons (Fsp3) is 1.00. The Morgan fingerprint density at radius 2 is 2.11 bits per heavy atom. The molecule has 0 aromatic rings. The largest absolute Gasteiger partial charge is 0.381 e. The van der Waals surface area contributed by atoms with Crippen molar-refractivity contribution in [3.8, 4) is 0 Å². The summed E-state index contributed by atoms with van der Waals surface area (Å²) < 4.78 is 11.9. The van der Waals surface area contributed by atoms with Crippen LogP contribution in [0, 0.1) is 11.8 Å². The van der Waals surface area contributed by atoms with Crippen LogP contribution in [0.1, 0.15) is 52.4 Å². The van der Waals surface area contributed by atoms with E-state index in [4.69, 9.17) is 15.3 Å². The van der Waals surface area contributed by atoms with Crippen LogP contribution >= 0.6 is 0 Å². The molecule has 19 heavy (non-hydrogen) atoms. The van der Waals surface area contributed by atoms with Crippen LogP contribution in [-0.4, -0.2) is 31.5 Å². The third kappa shape index (κ3) is 3.48. The highest BCUT2D eigenvalue weighted by atomic mass is 16.5. The summed E-state index contributed by atoms with van der Waals surface area (Å²) >= 11 is 0. The SMILES string of the molecule is CCOC1(C(NN)C2CCCOC2)CCC(C)CC1. The second-order valence-corrected chi connectivity index (χ2v) is 6.30. The zero-order chi connectivity index (χ0) is 13.7. The lowest BCUT2D eigenvalue weighted by atomic mass is 9.71. The van der Waals surface area contributed by atoms with Gasteiger partial charge in [0.2, 0.25) is 0 Å². The Morgan fingerprint density at radius 3 is 2.63 bits per heavy atom. The molecule has 2 unspecified atom stereocenters. The molecule has 2 atom stereocenters. The second-order valence-electron chi connectivity index (χ2n) is 6.30. The third-order valence-electron chi connectivity index (χ3n) is 4.97. The van der Waals surface area contributed by atoms with E-state index in [2.05, 4.69) is 19.3 Å². The molecule has 0 aromatic carbocycles. The minimum absolute atomic E-state index is 0.0820. The molecule has 1 aliphatic heterocycles. The van der Waals surface area contributed by atoms with Gasteiger partial charge >= 0.3 is 0 Å². The molecule has 0 bridgehead atoms. The molecule has 1 saturated heterocycles. The van der Waals surface area contributed by atoms with Gasteiger partial charge in [-0.25, -0.2) is 0 Å². The van der Waals surface area contributed by atoms with Crippen LogP contribution in [0.25, 0.3) is 0 Å². The molecule has 0 radical (unpaired) electrons. The molecular formula is C15H30N2O2. The van der Waals surface area contributed by atoms with Gasteiger partial charge in [-0.05, 0) is 51.4 Å². The van der Waals surface area contributed by atoms with Crippen molar-refractivity contribution in [3.05, 3.63) is 0 Å². The lowest BCUT2D eigenvalue weighted by Gasteiger charge is -2.47. The molecule has 0 spiro atoms. The first-order valence-corrected chi connectivity index (χ1v) is 7.89. The monoisotopic (exact) mass is 270 g/mol. The number of rotatable bonds is 5. The zero-order valence-corrected chi connectivity index (χ0v) is 12.5. The van der Waals surface area contributed by atoms with E-state index >= 15 is 0 Å². The van der Waals surface area contributed by atoms with Crippen LogP contribution in [-0.2, 0) is 9.47 Å². The molecule has 1 heterocycles. The van der Waals surface area contributed by atoms with Crippen molar-refractivity contribution in [2.24, 2.45) is 17.7 Å². The van der Waals surface area contributed by atoms with E-state index in [1.807, 2.05) is 0 Å². The fourth-order valence-corrected chi connectivity index (χ4v) is 3.83. The molecule has 2 fully saturated rings. The summed E-state index contributed by atoms with van der Waals surface area (Å²) in [6.45, 7) is 6.90. The topological polar surface area (TPSA) is 56.5 Å². The highest BCUT2D eigenvalue weighted by molar-refractivity contribution is 4.99. The van der Waals surface area contributed by atoms with Gasteiger partial charge < -0.3 is 9.47 Å². The average molecular weight is 270 g/mol. The number of hydrogen-bond donors (Lipinski definition) is 2. The van der Waals surface area contributed by atoms with Gasteiger partial charge in [0.25, 0.3) is 0 Å². The number of ether oxygens (including phenoxy) is 2. The van der Waals surface area contributed by atoms with Crippen LogP contribution in [0.2, 0.25) is 0 Å². The third-order valence-corrected chi connectivity index (χ3v) is 4.97. The smallest absolute Gasteiger partial charge is 0.0851 e. The minimum atomic E-state index is -0.0820. The predicted octanol–water partition coefficient (Wildman–Crippen LogP) is 2.23. The van der Waals surface area contributed by atoms with Gasteiger partial charge in [-0.3, -0.25) is 11.3 Å². The van der Waals surface area contributed by atoms with Gasteiger partial charge in [0.05, 0.1) is 18.2 Å². The van der Waals surface area contributed by atoms with E-state index < -0.39 is 0 Å². The molecule has 0 aromatic heterocycles. The second kappa shape index (κ2) is 7.02. The number of hydrazine groups is 1. The molecule has 0 amide bonds. The van der Waals surface area contributed by atoms with E-state index in [0.717, 1.165) is 45.0 Å². The van der Waals surface area contributed by atoms with Gasteiger partial charge in [0.1, 0.15) is 0 Å². The first-order chi connectivity index (χ1) is 9.22. The Kier molecular flexibility index (Phi) is 5.63. The van der Waals surface area contributed by atoms with Gasteiger partial charge in [0.15, 0.2) is 0 Å². The van der Waals surface area contributed by atoms with Gasteiger partial charge in [-0.15, -0.1) is 0 Å². The first kappa shape index (κ1) is 15.2. The molecule has 4 heteroatoms. The van der Waals surface area contributed by atoms with Crippen molar-refractivity contribution in [3.63, 3.8) is 0 Å². The Bertz CT molecular complexity index is 259. The van der Waals surface area contributed by atoms with Gasteiger partial charge in [-0.1, -0.05) is 6.92 Å². The molecule has 1 saturated carbocycles. The first-order valence-electron chi connectivity index (χ1n) is 7.89. The van der Waals surface area contributed by atoms with Gasteiger partial charge in [-0.2, -0.15) is 0 Å². The number of nitrogens with one attached hydrogen (secondary N) is 1. The van der Waals surface area contributed by atoms with Crippen molar-refractivity contribution >= 4 is 0 Å². The van der Waals surface area contributed by atoms with Crippen molar-refractivity contribution in [1.82, 2.24) is 5.43 Å². The lowest BCUT2D eigenvalue weighted by molar-refractivity contribution is -0.121. The number of hydrogen-bond acceptors (Lipinski definition) is 4. The van der Waals surface area contributed by atoms with Crippen molar-refractivity contribution in [2.75, 3.05) is 19.8 Å². The average Bonchev–Trinajstić information content (AvgIpc) is 2.44. The summed E-state index contributed by atoms with van der Waals surface area (Å²) in [7, 11) is 0. The summed E-state index contributed by atoms with van der Waals surface area (Å²) in [6, 6.07) is 0.222.